The molecule has 0 heterocycles. The van der Waals surface area contributed by atoms with Crippen LogP contribution in [0.25, 0.3) is 0 Å². The predicted molar refractivity (Wildman–Crippen MR) is 33.6 cm³/mol. The first-order valence-corrected chi connectivity index (χ1v) is 2.96. The van der Waals surface area contributed by atoms with Gasteiger partial charge in [0, 0.05) is 6.42 Å². The molecule has 0 aliphatic heterocycles. The van der Waals surface area contributed by atoms with E-state index in [1.54, 1.807) is 6.08 Å². The third-order valence-electron chi connectivity index (χ3n) is 1.21. The summed E-state index contributed by atoms with van der Waals surface area (Å²) in [5, 5.41) is 16.5. The molecule has 0 saturated heterocycles. The highest BCUT2D eigenvalue weighted by molar-refractivity contribution is 6.34. The Labute approximate surface area is 58.3 Å². The van der Waals surface area contributed by atoms with Gasteiger partial charge >= 0.3 is 7.32 Å². The van der Waals surface area contributed by atoms with Gasteiger partial charge in [0.1, 0.15) is 5.76 Å². The Morgan fingerprint density at radius 3 is 2.70 bits per heavy atom. The largest absolute Gasteiger partial charge is 0.707 e. The van der Waals surface area contributed by atoms with Crippen LogP contribution in [-0.2, 0) is 9.45 Å². The smallest absolute Gasteiger partial charge is 0.509 e. The lowest BCUT2D eigenvalue weighted by molar-refractivity contribution is -0.117. The van der Waals surface area contributed by atoms with Crippen LogP contribution in [0.5, 0.6) is 0 Å². The zero-order valence-corrected chi connectivity index (χ0v) is 5.28. The van der Waals surface area contributed by atoms with Crippen molar-refractivity contribution < 1.29 is 19.5 Å². The molecular formula is C5H7BO4. The molecule has 1 aliphatic rings. The lowest BCUT2D eigenvalue weighted by Gasteiger charge is -2.01. The third-order valence-corrected chi connectivity index (χ3v) is 1.21. The molecular weight excluding hydrogens is 135 g/mol. The zero-order valence-electron chi connectivity index (χ0n) is 5.28. The van der Waals surface area contributed by atoms with Gasteiger partial charge in [0.2, 0.25) is 0 Å². The summed E-state index contributed by atoms with van der Waals surface area (Å²) >= 11 is 0. The first kappa shape index (κ1) is 7.30. The molecule has 1 aliphatic carbocycles. The Morgan fingerprint density at radius 2 is 2.30 bits per heavy atom. The van der Waals surface area contributed by atoms with Gasteiger partial charge in [-0.3, -0.25) is 4.79 Å². The number of rotatable bonds is 2. The molecule has 5 heteroatoms. The molecule has 0 aromatic carbocycles. The minimum absolute atomic E-state index is 0.0648. The van der Waals surface area contributed by atoms with Gasteiger partial charge in [-0.05, 0) is 12.5 Å². The van der Waals surface area contributed by atoms with Gasteiger partial charge in [-0.25, -0.2) is 0 Å². The number of carbonyl (C=O) groups is 1. The maximum absolute atomic E-state index is 10.7. The molecule has 4 nitrogen and oxygen atoms in total. The Kier molecular flexibility index (Phi) is 2.08. The fourth-order valence-corrected chi connectivity index (χ4v) is 0.799. The van der Waals surface area contributed by atoms with Crippen molar-refractivity contribution in [1.29, 1.82) is 0 Å². The molecule has 0 aromatic rings. The first-order chi connectivity index (χ1) is 4.70. The van der Waals surface area contributed by atoms with Crippen molar-refractivity contribution in [1.82, 2.24) is 0 Å². The van der Waals surface area contributed by atoms with E-state index in [0.717, 1.165) is 0 Å². The molecule has 0 unspecified atom stereocenters. The highest BCUT2D eigenvalue weighted by atomic mass is 16.6. The van der Waals surface area contributed by atoms with E-state index in [1.807, 2.05) is 0 Å². The zero-order chi connectivity index (χ0) is 7.56. The number of hydrogen-bond donors (Lipinski definition) is 2. The van der Waals surface area contributed by atoms with Crippen molar-refractivity contribution >= 4 is 13.1 Å². The minimum Gasteiger partial charge on any atom is -0.509 e. The quantitative estimate of drug-likeness (QED) is 0.496. The second-order valence-electron chi connectivity index (χ2n) is 1.97. The normalized spacial score (nSPS) is 17.0. The van der Waals surface area contributed by atoms with Crippen molar-refractivity contribution in [2.45, 2.75) is 12.8 Å². The molecule has 0 atom stereocenters. The fraction of sp³-hybridized carbons (Fsp3) is 0.400. The maximum Gasteiger partial charge on any atom is 0.707 e. The number of allylic oxidation sites excluding steroid dienone is 2. The van der Waals surface area contributed by atoms with E-state index < -0.39 is 7.32 Å². The SMILES string of the molecule is O=C1CCC=C1OB(O)O. The van der Waals surface area contributed by atoms with E-state index in [-0.39, 0.29) is 11.5 Å². The number of Topliss-reactive ketones (excluding diaryl/α,β-unsaturated/α-hetero) is 1. The molecule has 0 radical (unpaired) electrons. The van der Waals surface area contributed by atoms with Gasteiger partial charge in [0.25, 0.3) is 0 Å². The van der Waals surface area contributed by atoms with Gasteiger partial charge in [0.15, 0.2) is 5.78 Å². The monoisotopic (exact) mass is 142 g/mol. The maximum atomic E-state index is 10.7. The summed E-state index contributed by atoms with van der Waals surface area (Å²) in [5.74, 6) is -0.108. The Morgan fingerprint density at radius 1 is 1.60 bits per heavy atom. The van der Waals surface area contributed by atoms with Crippen LogP contribution in [0, 0.1) is 0 Å². The summed E-state index contributed by atoms with van der Waals surface area (Å²) in [6.45, 7) is 0. The summed E-state index contributed by atoms with van der Waals surface area (Å²) in [7, 11) is -1.88. The molecule has 10 heavy (non-hydrogen) atoms. The van der Waals surface area contributed by atoms with E-state index >= 15 is 0 Å². The van der Waals surface area contributed by atoms with Crippen LogP contribution in [0.3, 0.4) is 0 Å². The Hall–Kier alpha value is -0.805. The fourth-order valence-electron chi connectivity index (χ4n) is 0.799. The average molecular weight is 142 g/mol. The van der Waals surface area contributed by atoms with Crippen molar-refractivity contribution in [3.63, 3.8) is 0 Å². The summed E-state index contributed by atoms with van der Waals surface area (Å²) in [6.07, 6.45) is 2.57. The summed E-state index contributed by atoms with van der Waals surface area (Å²) in [4.78, 5) is 10.7. The van der Waals surface area contributed by atoms with Crippen molar-refractivity contribution in [2.24, 2.45) is 0 Å². The molecule has 0 spiro atoms. The topological polar surface area (TPSA) is 66.8 Å². The minimum atomic E-state index is -1.88. The van der Waals surface area contributed by atoms with Crippen LogP contribution in [0.4, 0.5) is 0 Å². The standard InChI is InChI=1S/C5H7BO4/c7-4-2-1-3-5(4)10-6(8)9/h3,8-9H,1-2H2. The number of carbonyl (C=O) groups excluding carboxylic acids is 1. The van der Waals surface area contributed by atoms with Crippen LogP contribution >= 0.6 is 0 Å². The molecule has 0 bridgehead atoms. The molecule has 54 valence electrons. The van der Waals surface area contributed by atoms with Crippen molar-refractivity contribution in [3.8, 4) is 0 Å². The molecule has 0 saturated carbocycles. The van der Waals surface area contributed by atoms with Crippen LogP contribution in [0.15, 0.2) is 11.8 Å². The Balaban J connectivity index is 2.48. The average Bonchev–Trinajstić information content (AvgIpc) is 2.15. The predicted octanol–water partition coefficient (Wildman–Crippen LogP) is -0.781. The molecule has 1 rings (SSSR count). The number of hydrogen-bond acceptors (Lipinski definition) is 4. The van der Waals surface area contributed by atoms with Crippen LogP contribution in [-0.4, -0.2) is 23.2 Å². The highest BCUT2D eigenvalue weighted by Gasteiger charge is 2.21. The molecule has 0 amide bonds. The van der Waals surface area contributed by atoms with Gasteiger partial charge in [-0.1, -0.05) is 0 Å². The molecule has 2 N–H and O–H groups in total. The van der Waals surface area contributed by atoms with E-state index in [0.29, 0.717) is 12.8 Å². The summed E-state index contributed by atoms with van der Waals surface area (Å²) in [6, 6.07) is 0. The van der Waals surface area contributed by atoms with Gasteiger partial charge in [-0.15, -0.1) is 0 Å². The van der Waals surface area contributed by atoms with Gasteiger partial charge in [-0.2, -0.15) is 0 Å². The second-order valence-corrected chi connectivity index (χ2v) is 1.97. The van der Waals surface area contributed by atoms with E-state index in [2.05, 4.69) is 4.65 Å². The van der Waals surface area contributed by atoms with Crippen LogP contribution < -0.4 is 0 Å². The van der Waals surface area contributed by atoms with Crippen LogP contribution in [0.1, 0.15) is 12.8 Å². The van der Waals surface area contributed by atoms with Crippen molar-refractivity contribution in [3.05, 3.63) is 11.8 Å². The van der Waals surface area contributed by atoms with Crippen LogP contribution in [0.2, 0.25) is 0 Å². The molecule has 0 aromatic heterocycles. The summed E-state index contributed by atoms with van der Waals surface area (Å²) < 4.78 is 4.35. The second kappa shape index (κ2) is 2.85. The first-order valence-electron chi connectivity index (χ1n) is 2.96. The van der Waals surface area contributed by atoms with Gasteiger partial charge in [0.05, 0.1) is 0 Å². The van der Waals surface area contributed by atoms with Crippen molar-refractivity contribution in [2.75, 3.05) is 0 Å². The highest BCUT2D eigenvalue weighted by Crippen LogP contribution is 2.14. The van der Waals surface area contributed by atoms with E-state index in [9.17, 15) is 4.79 Å². The number of ketones is 1. The lowest BCUT2D eigenvalue weighted by Crippen LogP contribution is -2.18. The molecule has 0 fully saturated rings. The third kappa shape index (κ3) is 1.59. The van der Waals surface area contributed by atoms with E-state index in [4.69, 9.17) is 10.0 Å². The Bertz CT molecular complexity index is 174. The van der Waals surface area contributed by atoms with Gasteiger partial charge < -0.3 is 14.7 Å². The lowest BCUT2D eigenvalue weighted by atomic mass is 10.2. The summed E-state index contributed by atoms with van der Waals surface area (Å²) in [5.41, 5.74) is 0. The van der Waals surface area contributed by atoms with E-state index in [1.165, 1.54) is 0 Å².